The predicted molar refractivity (Wildman–Crippen MR) is 92.0 cm³/mol. The maximum absolute atomic E-state index is 12.0. The van der Waals surface area contributed by atoms with Crippen molar-refractivity contribution in [3.63, 3.8) is 0 Å². The number of hydrogen-bond donors (Lipinski definition) is 0. The summed E-state index contributed by atoms with van der Waals surface area (Å²) in [6.07, 6.45) is 0.323. The minimum atomic E-state index is -3.05. The first kappa shape index (κ1) is 16.3. The first-order valence-electron chi connectivity index (χ1n) is 7.35. The Balaban J connectivity index is 2.02. The Labute approximate surface area is 139 Å². The molecule has 1 aromatic carbocycles. The van der Waals surface area contributed by atoms with E-state index in [1.54, 1.807) is 14.0 Å². The van der Waals surface area contributed by atoms with Gasteiger partial charge in [0.1, 0.15) is 5.75 Å². The van der Waals surface area contributed by atoms with E-state index in [0.717, 1.165) is 5.69 Å². The lowest BCUT2D eigenvalue weighted by Crippen LogP contribution is -2.37. The molecule has 0 N–H and O–H groups in total. The number of aliphatic imine (C=N–C) groups is 1. The minimum absolute atomic E-state index is 0.0845. The first-order chi connectivity index (χ1) is 10.9. The highest BCUT2D eigenvalue weighted by atomic mass is 32.2. The zero-order valence-corrected chi connectivity index (χ0v) is 14.6. The Kier molecular flexibility index (Phi) is 4.37. The Morgan fingerprint density at radius 1 is 1.43 bits per heavy atom. The van der Waals surface area contributed by atoms with E-state index >= 15 is 0 Å². The van der Waals surface area contributed by atoms with Gasteiger partial charge in [0, 0.05) is 23.4 Å². The van der Waals surface area contributed by atoms with Gasteiger partial charge in [-0.05, 0) is 12.1 Å². The summed E-state index contributed by atoms with van der Waals surface area (Å²) < 4.78 is 29.2. The lowest BCUT2D eigenvalue weighted by molar-refractivity contribution is -0.117. The van der Waals surface area contributed by atoms with E-state index in [1.807, 2.05) is 29.2 Å². The quantitative estimate of drug-likeness (QED) is 0.822. The Morgan fingerprint density at radius 2 is 2.22 bits per heavy atom. The van der Waals surface area contributed by atoms with Gasteiger partial charge in [-0.2, -0.15) is 4.99 Å². The van der Waals surface area contributed by atoms with Crippen LogP contribution in [0.4, 0.5) is 5.69 Å². The van der Waals surface area contributed by atoms with Crippen molar-refractivity contribution >= 4 is 38.4 Å². The Hall–Kier alpha value is -1.54. The van der Waals surface area contributed by atoms with Gasteiger partial charge in [-0.25, -0.2) is 8.42 Å². The fourth-order valence-electron chi connectivity index (χ4n) is 2.81. The number of amidine groups is 1. The number of thioether (sulfide) groups is 1. The van der Waals surface area contributed by atoms with Crippen LogP contribution in [0, 0.1) is 0 Å². The van der Waals surface area contributed by atoms with E-state index in [0.29, 0.717) is 17.3 Å². The summed E-state index contributed by atoms with van der Waals surface area (Å²) in [5.41, 5.74) is 0.795. The highest BCUT2D eigenvalue weighted by Gasteiger charge is 2.49. The van der Waals surface area contributed by atoms with E-state index in [2.05, 4.69) is 4.99 Å². The third kappa shape index (κ3) is 3.23. The SMILES string of the molecule is CCC(=O)N=C1S[C@H]2CS(=O)(=O)C[C@H]2N1c1cccc(OC)c1. The van der Waals surface area contributed by atoms with Crippen LogP contribution in [0.5, 0.6) is 5.75 Å². The molecule has 0 saturated carbocycles. The fourth-order valence-corrected chi connectivity index (χ4v) is 6.74. The maximum Gasteiger partial charge on any atom is 0.247 e. The maximum atomic E-state index is 12.0. The molecule has 1 aromatic rings. The normalized spacial score (nSPS) is 27.2. The summed E-state index contributed by atoms with van der Waals surface area (Å²) in [5.74, 6) is 0.685. The number of ether oxygens (including phenoxy) is 1. The summed E-state index contributed by atoms with van der Waals surface area (Å²) in [4.78, 5) is 17.8. The highest BCUT2D eigenvalue weighted by Crippen LogP contribution is 2.41. The van der Waals surface area contributed by atoms with Crippen LogP contribution >= 0.6 is 11.8 Å². The molecule has 23 heavy (non-hydrogen) atoms. The summed E-state index contributed by atoms with van der Waals surface area (Å²) in [5, 5.41) is 0.490. The van der Waals surface area contributed by atoms with Crippen LogP contribution in [0.2, 0.25) is 0 Å². The number of anilines is 1. The third-order valence-electron chi connectivity index (χ3n) is 3.92. The molecule has 0 unspecified atom stereocenters. The van der Waals surface area contributed by atoms with Gasteiger partial charge in [0.15, 0.2) is 15.0 Å². The van der Waals surface area contributed by atoms with Gasteiger partial charge in [-0.1, -0.05) is 24.8 Å². The molecular formula is C15H18N2O4S2. The van der Waals surface area contributed by atoms with E-state index in [9.17, 15) is 13.2 Å². The van der Waals surface area contributed by atoms with Crippen molar-refractivity contribution in [1.29, 1.82) is 0 Å². The molecule has 0 radical (unpaired) electrons. The van der Waals surface area contributed by atoms with Gasteiger partial charge in [0.05, 0.1) is 24.7 Å². The van der Waals surface area contributed by atoms with Gasteiger partial charge in [-0.15, -0.1) is 0 Å². The summed E-state index contributed by atoms with van der Waals surface area (Å²) in [6.45, 7) is 1.76. The summed E-state index contributed by atoms with van der Waals surface area (Å²) >= 11 is 1.38. The number of carbonyl (C=O) groups is 1. The van der Waals surface area contributed by atoms with E-state index in [-0.39, 0.29) is 28.7 Å². The van der Waals surface area contributed by atoms with Gasteiger partial charge < -0.3 is 9.64 Å². The van der Waals surface area contributed by atoms with Gasteiger partial charge in [0.25, 0.3) is 0 Å². The number of rotatable bonds is 3. The molecular weight excluding hydrogens is 336 g/mol. The molecule has 2 aliphatic heterocycles. The molecule has 0 aromatic heterocycles. The molecule has 2 heterocycles. The van der Waals surface area contributed by atoms with Crippen molar-refractivity contribution in [1.82, 2.24) is 0 Å². The molecule has 8 heteroatoms. The minimum Gasteiger partial charge on any atom is -0.497 e. The second-order valence-electron chi connectivity index (χ2n) is 5.51. The van der Waals surface area contributed by atoms with E-state index < -0.39 is 9.84 Å². The number of methoxy groups -OCH3 is 1. The van der Waals surface area contributed by atoms with Crippen LogP contribution in [0.1, 0.15) is 13.3 Å². The molecule has 0 bridgehead atoms. The van der Waals surface area contributed by atoms with Gasteiger partial charge in [0.2, 0.25) is 5.91 Å². The van der Waals surface area contributed by atoms with E-state index in [1.165, 1.54) is 11.8 Å². The van der Waals surface area contributed by atoms with E-state index in [4.69, 9.17) is 4.74 Å². The summed E-state index contributed by atoms with van der Waals surface area (Å²) in [7, 11) is -1.47. The second kappa shape index (κ2) is 6.16. The van der Waals surface area contributed by atoms with Gasteiger partial charge >= 0.3 is 0 Å². The molecule has 0 spiro atoms. The van der Waals surface area contributed by atoms with Crippen molar-refractivity contribution < 1.29 is 17.9 Å². The number of nitrogens with zero attached hydrogens (tertiary/aromatic N) is 2. The standard InChI is InChI=1S/C15H18N2O4S2/c1-3-14(18)16-15-17(10-5-4-6-11(7-10)21-2)12-8-23(19,20)9-13(12)22-15/h4-7,12-13H,3,8-9H2,1-2H3/t12-,13+/m1/s1. The average molecular weight is 354 g/mol. The molecule has 6 nitrogen and oxygen atoms in total. The third-order valence-corrected chi connectivity index (χ3v) is 7.13. The Bertz CT molecular complexity index is 760. The Morgan fingerprint density at radius 3 is 2.91 bits per heavy atom. The number of carbonyl (C=O) groups excluding carboxylic acids is 1. The molecule has 1 amide bonds. The molecule has 124 valence electrons. The number of sulfone groups is 1. The van der Waals surface area contributed by atoms with Crippen LogP contribution in [-0.4, -0.2) is 49.4 Å². The van der Waals surface area contributed by atoms with Crippen molar-refractivity contribution in [3.05, 3.63) is 24.3 Å². The van der Waals surface area contributed by atoms with Crippen molar-refractivity contribution in [3.8, 4) is 5.75 Å². The number of amides is 1. The van der Waals surface area contributed by atoms with Crippen LogP contribution in [0.25, 0.3) is 0 Å². The number of benzene rings is 1. The van der Waals surface area contributed by atoms with Crippen LogP contribution in [0.3, 0.4) is 0 Å². The topological polar surface area (TPSA) is 76.0 Å². The lowest BCUT2D eigenvalue weighted by Gasteiger charge is -2.24. The smallest absolute Gasteiger partial charge is 0.247 e. The number of hydrogen-bond acceptors (Lipinski definition) is 5. The van der Waals surface area contributed by atoms with Crippen molar-refractivity contribution in [2.75, 3.05) is 23.5 Å². The van der Waals surface area contributed by atoms with Crippen molar-refractivity contribution in [2.45, 2.75) is 24.6 Å². The predicted octanol–water partition coefficient (Wildman–Crippen LogP) is 1.71. The molecule has 2 atom stereocenters. The van der Waals surface area contributed by atoms with Crippen LogP contribution in [-0.2, 0) is 14.6 Å². The zero-order chi connectivity index (χ0) is 16.6. The molecule has 2 saturated heterocycles. The number of fused-ring (bicyclic) bond motifs is 1. The second-order valence-corrected chi connectivity index (χ2v) is 8.87. The lowest BCUT2D eigenvalue weighted by atomic mass is 10.2. The molecule has 3 rings (SSSR count). The van der Waals surface area contributed by atoms with Gasteiger partial charge in [-0.3, -0.25) is 4.79 Å². The monoisotopic (exact) mass is 354 g/mol. The van der Waals surface area contributed by atoms with Crippen LogP contribution < -0.4 is 9.64 Å². The first-order valence-corrected chi connectivity index (χ1v) is 10.1. The molecule has 2 fully saturated rings. The van der Waals surface area contributed by atoms with Crippen LogP contribution in [0.15, 0.2) is 29.3 Å². The largest absolute Gasteiger partial charge is 0.497 e. The fraction of sp³-hybridized carbons (Fsp3) is 0.467. The highest BCUT2D eigenvalue weighted by molar-refractivity contribution is 8.16. The average Bonchev–Trinajstić information content (AvgIpc) is 2.97. The zero-order valence-electron chi connectivity index (χ0n) is 12.9. The molecule has 2 aliphatic rings. The molecule has 0 aliphatic carbocycles. The summed E-state index contributed by atoms with van der Waals surface area (Å²) in [6, 6.07) is 7.18. The van der Waals surface area contributed by atoms with Crippen molar-refractivity contribution in [2.24, 2.45) is 4.99 Å².